The van der Waals surface area contributed by atoms with Gasteiger partial charge in [-0.3, -0.25) is 14.2 Å². The van der Waals surface area contributed by atoms with E-state index >= 15 is 0 Å². The quantitative estimate of drug-likeness (QED) is 0.722. The third kappa shape index (κ3) is 3.82. The standard InChI is InChI=1S/C17H18ClN3O3S/c1-11-12(18)3-2-4-13(11)21-8-7-19-16(21)25-9-14(22)20-10-17(5-6-17)15(23)24/h2-4,7-8H,5-6,9-10H2,1H3,(H,20,22)(H,23,24). The minimum Gasteiger partial charge on any atom is -0.481 e. The maximum absolute atomic E-state index is 12.0. The van der Waals surface area contributed by atoms with Crippen LogP contribution >= 0.6 is 23.4 Å². The molecule has 0 saturated heterocycles. The number of carbonyl (C=O) groups excluding carboxylic acids is 1. The molecule has 0 atom stereocenters. The molecule has 0 aliphatic heterocycles. The van der Waals surface area contributed by atoms with Crippen LogP contribution < -0.4 is 5.32 Å². The number of carboxylic acid groups (broad SMARTS) is 1. The fourth-order valence-corrected chi connectivity index (χ4v) is 3.47. The lowest BCUT2D eigenvalue weighted by atomic mass is 10.1. The molecule has 25 heavy (non-hydrogen) atoms. The molecule has 1 amide bonds. The molecule has 2 aromatic rings. The number of carboxylic acids is 1. The van der Waals surface area contributed by atoms with Crippen LogP contribution in [-0.4, -0.2) is 38.8 Å². The summed E-state index contributed by atoms with van der Waals surface area (Å²) in [5.74, 6) is -0.867. The molecule has 2 N–H and O–H groups in total. The predicted octanol–water partition coefficient (Wildman–Crippen LogP) is 2.91. The van der Waals surface area contributed by atoms with E-state index in [1.165, 1.54) is 11.8 Å². The Balaban J connectivity index is 1.61. The summed E-state index contributed by atoms with van der Waals surface area (Å²) in [7, 11) is 0. The second-order valence-electron chi connectivity index (χ2n) is 6.11. The third-order valence-corrected chi connectivity index (χ3v) is 5.75. The average Bonchev–Trinajstić information content (AvgIpc) is 3.25. The van der Waals surface area contributed by atoms with Crippen molar-refractivity contribution < 1.29 is 14.7 Å². The first-order valence-electron chi connectivity index (χ1n) is 7.85. The minimum absolute atomic E-state index is 0.173. The number of thioether (sulfide) groups is 1. The number of imidazole rings is 1. The molecule has 3 rings (SSSR count). The maximum atomic E-state index is 12.0. The number of aliphatic carboxylic acids is 1. The van der Waals surface area contributed by atoms with Gasteiger partial charge in [0.05, 0.1) is 16.9 Å². The van der Waals surface area contributed by atoms with E-state index in [4.69, 9.17) is 16.7 Å². The summed E-state index contributed by atoms with van der Waals surface area (Å²) < 4.78 is 1.89. The maximum Gasteiger partial charge on any atom is 0.311 e. The van der Waals surface area contributed by atoms with Gasteiger partial charge in [-0.05, 0) is 37.5 Å². The Bertz CT molecular complexity index is 817. The molecule has 1 aliphatic carbocycles. The summed E-state index contributed by atoms with van der Waals surface area (Å²) in [4.78, 5) is 27.4. The molecule has 132 valence electrons. The van der Waals surface area contributed by atoms with Crippen LogP contribution in [0, 0.1) is 12.3 Å². The number of nitrogens with one attached hydrogen (secondary N) is 1. The number of halogens is 1. The Kier molecular flexibility index (Phi) is 5.06. The predicted molar refractivity (Wildman–Crippen MR) is 96.3 cm³/mol. The van der Waals surface area contributed by atoms with Crippen LogP contribution in [-0.2, 0) is 9.59 Å². The topological polar surface area (TPSA) is 84.2 Å². The van der Waals surface area contributed by atoms with Gasteiger partial charge >= 0.3 is 5.97 Å². The molecule has 8 heteroatoms. The highest BCUT2D eigenvalue weighted by Crippen LogP contribution is 2.45. The highest BCUT2D eigenvalue weighted by molar-refractivity contribution is 7.99. The monoisotopic (exact) mass is 379 g/mol. The number of hydrogen-bond acceptors (Lipinski definition) is 4. The first kappa shape index (κ1) is 17.8. The van der Waals surface area contributed by atoms with E-state index in [1.54, 1.807) is 6.20 Å². The number of benzene rings is 1. The van der Waals surface area contributed by atoms with Crippen molar-refractivity contribution in [3.8, 4) is 5.69 Å². The summed E-state index contributed by atoms with van der Waals surface area (Å²) in [6, 6.07) is 5.64. The number of aromatic nitrogens is 2. The molecular formula is C17H18ClN3O3S. The van der Waals surface area contributed by atoms with Gasteiger partial charge in [0.25, 0.3) is 0 Å². The van der Waals surface area contributed by atoms with Crippen molar-refractivity contribution >= 4 is 35.2 Å². The molecule has 1 heterocycles. The summed E-state index contributed by atoms with van der Waals surface area (Å²) in [5.41, 5.74) is 1.10. The SMILES string of the molecule is Cc1c(Cl)cccc1-n1ccnc1SCC(=O)NCC1(C(=O)O)CC1. The van der Waals surface area contributed by atoms with Gasteiger partial charge in [-0.1, -0.05) is 29.4 Å². The lowest BCUT2D eigenvalue weighted by Crippen LogP contribution is -2.35. The zero-order valence-electron chi connectivity index (χ0n) is 13.7. The van der Waals surface area contributed by atoms with Crippen LogP contribution in [0.5, 0.6) is 0 Å². The van der Waals surface area contributed by atoms with E-state index in [-0.39, 0.29) is 18.2 Å². The number of nitrogens with zero attached hydrogens (tertiary/aromatic N) is 2. The Labute approximate surface area is 154 Å². The van der Waals surface area contributed by atoms with Crippen molar-refractivity contribution in [2.75, 3.05) is 12.3 Å². The van der Waals surface area contributed by atoms with E-state index in [1.807, 2.05) is 35.9 Å². The van der Waals surface area contributed by atoms with Crippen LogP contribution in [0.1, 0.15) is 18.4 Å². The molecule has 0 radical (unpaired) electrons. The molecule has 0 spiro atoms. The van der Waals surface area contributed by atoms with Gasteiger partial charge < -0.3 is 10.4 Å². The number of rotatable bonds is 7. The van der Waals surface area contributed by atoms with Gasteiger partial charge in [0.1, 0.15) is 0 Å². The molecule has 1 aromatic carbocycles. The van der Waals surface area contributed by atoms with Crippen molar-refractivity contribution in [1.82, 2.24) is 14.9 Å². The molecule has 1 saturated carbocycles. The zero-order valence-corrected chi connectivity index (χ0v) is 15.2. The molecular weight excluding hydrogens is 362 g/mol. The van der Waals surface area contributed by atoms with Gasteiger partial charge in [0.2, 0.25) is 5.91 Å². The largest absolute Gasteiger partial charge is 0.481 e. The Morgan fingerprint density at radius 3 is 2.88 bits per heavy atom. The lowest BCUT2D eigenvalue weighted by molar-refractivity contribution is -0.143. The summed E-state index contributed by atoms with van der Waals surface area (Å²) >= 11 is 7.47. The summed E-state index contributed by atoms with van der Waals surface area (Å²) in [6.45, 7) is 2.11. The van der Waals surface area contributed by atoms with E-state index in [0.717, 1.165) is 11.3 Å². The van der Waals surface area contributed by atoms with Gasteiger partial charge in [0, 0.05) is 24.0 Å². The number of carbonyl (C=O) groups is 2. The number of amides is 1. The van der Waals surface area contributed by atoms with Crippen molar-refractivity contribution in [3.63, 3.8) is 0 Å². The Morgan fingerprint density at radius 1 is 1.44 bits per heavy atom. The lowest BCUT2D eigenvalue weighted by Gasteiger charge is -2.12. The van der Waals surface area contributed by atoms with Crippen molar-refractivity contribution in [1.29, 1.82) is 0 Å². The van der Waals surface area contributed by atoms with Crippen LogP contribution in [0.4, 0.5) is 0 Å². The molecule has 6 nitrogen and oxygen atoms in total. The highest BCUT2D eigenvalue weighted by Gasteiger charge is 2.50. The summed E-state index contributed by atoms with van der Waals surface area (Å²) in [5, 5.41) is 13.2. The van der Waals surface area contributed by atoms with Crippen molar-refractivity contribution in [2.45, 2.75) is 24.9 Å². The summed E-state index contributed by atoms with van der Waals surface area (Å²) in [6.07, 6.45) is 4.73. The van der Waals surface area contributed by atoms with Crippen molar-refractivity contribution in [2.24, 2.45) is 5.41 Å². The van der Waals surface area contributed by atoms with Gasteiger partial charge in [-0.2, -0.15) is 0 Å². The molecule has 0 bridgehead atoms. The molecule has 0 unspecified atom stereocenters. The van der Waals surface area contributed by atoms with Gasteiger partial charge in [0.15, 0.2) is 5.16 Å². The molecule has 1 fully saturated rings. The van der Waals surface area contributed by atoms with E-state index in [2.05, 4.69) is 10.3 Å². The smallest absolute Gasteiger partial charge is 0.311 e. The Morgan fingerprint density at radius 2 is 2.20 bits per heavy atom. The molecule has 1 aromatic heterocycles. The first-order valence-corrected chi connectivity index (χ1v) is 9.21. The minimum atomic E-state index is -0.840. The van der Waals surface area contributed by atoms with Crippen LogP contribution in [0.3, 0.4) is 0 Å². The van der Waals surface area contributed by atoms with Crippen molar-refractivity contribution in [3.05, 3.63) is 41.2 Å². The molecule has 1 aliphatic rings. The average molecular weight is 380 g/mol. The second kappa shape index (κ2) is 7.09. The van der Waals surface area contributed by atoms with Crippen LogP contribution in [0.15, 0.2) is 35.7 Å². The number of hydrogen-bond donors (Lipinski definition) is 2. The fourth-order valence-electron chi connectivity index (χ4n) is 2.50. The fraction of sp³-hybridized carbons (Fsp3) is 0.353. The third-order valence-electron chi connectivity index (χ3n) is 4.37. The van der Waals surface area contributed by atoms with Gasteiger partial charge in [-0.15, -0.1) is 0 Å². The van der Waals surface area contributed by atoms with Crippen LogP contribution in [0.2, 0.25) is 5.02 Å². The van der Waals surface area contributed by atoms with Gasteiger partial charge in [-0.25, -0.2) is 4.98 Å². The normalized spacial score (nSPS) is 15.0. The first-order chi connectivity index (χ1) is 11.9. The van der Waals surface area contributed by atoms with E-state index in [9.17, 15) is 9.59 Å². The van der Waals surface area contributed by atoms with Crippen LogP contribution in [0.25, 0.3) is 5.69 Å². The van der Waals surface area contributed by atoms with E-state index in [0.29, 0.717) is 23.0 Å². The Hall–Kier alpha value is -1.99. The zero-order chi connectivity index (χ0) is 18.0. The van der Waals surface area contributed by atoms with E-state index < -0.39 is 11.4 Å². The highest BCUT2D eigenvalue weighted by atomic mass is 35.5. The second-order valence-corrected chi connectivity index (χ2v) is 7.46.